The molecule has 2 aromatic carbocycles. The maximum absolute atomic E-state index is 15.2. The van der Waals surface area contributed by atoms with Crippen molar-refractivity contribution in [2.45, 2.75) is 50.5 Å². The van der Waals surface area contributed by atoms with Gasteiger partial charge in [0, 0.05) is 56.8 Å². The second-order valence-electron chi connectivity index (χ2n) is 12.5. The molecule has 0 radical (unpaired) electrons. The van der Waals surface area contributed by atoms with E-state index in [1.54, 1.807) is 18.2 Å². The molecule has 4 saturated heterocycles. The van der Waals surface area contributed by atoms with Crippen LogP contribution in [0.4, 0.5) is 26.1 Å². The molecule has 3 atom stereocenters. The quantitative estimate of drug-likeness (QED) is 0.377. The molecule has 0 bridgehead atoms. The van der Waals surface area contributed by atoms with E-state index in [1.165, 1.54) is 17.3 Å². The minimum absolute atomic E-state index is 0.0756. The molecule has 0 spiro atoms. The van der Waals surface area contributed by atoms with E-state index in [4.69, 9.17) is 9.47 Å². The average molecular weight is 649 g/mol. The molecule has 1 unspecified atom stereocenters. The Morgan fingerprint density at radius 2 is 1.89 bits per heavy atom. The molecule has 14 heteroatoms. The van der Waals surface area contributed by atoms with E-state index in [9.17, 15) is 9.59 Å². The molecule has 0 saturated carbocycles. The fourth-order valence-electron chi connectivity index (χ4n) is 6.55. The van der Waals surface area contributed by atoms with E-state index in [0.717, 1.165) is 45.0 Å². The number of alkyl halides is 1. The molecule has 4 fully saturated rings. The Balaban J connectivity index is 0.952. The summed E-state index contributed by atoms with van der Waals surface area (Å²) in [5, 5.41) is 5.74. The summed E-state index contributed by atoms with van der Waals surface area (Å²) in [6.07, 6.45) is 0.422. The maximum Gasteiger partial charge on any atom is 0.245 e. The SMILES string of the molecule is Cc1cc(-c2ncnc(Nc3ccc(N4CCN(C5COC5)CC4)c(F)c3)n2)ccc1O[C@H]1CCN(C(=O)C2CCC(=O)N2)C[C@H]1F. The Labute approximate surface area is 271 Å². The fourth-order valence-corrected chi connectivity index (χ4v) is 6.55. The Kier molecular flexibility index (Phi) is 8.86. The van der Waals surface area contributed by atoms with Crippen molar-refractivity contribution in [3.8, 4) is 17.1 Å². The lowest BCUT2D eigenvalue weighted by Gasteiger charge is -2.43. The maximum atomic E-state index is 15.2. The summed E-state index contributed by atoms with van der Waals surface area (Å²) in [5.74, 6) is 0.517. The predicted octanol–water partition coefficient (Wildman–Crippen LogP) is 2.85. The Hall–Kier alpha value is -4.43. The van der Waals surface area contributed by atoms with Crippen LogP contribution in [0.25, 0.3) is 11.4 Å². The third-order valence-corrected chi connectivity index (χ3v) is 9.37. The van der Waals surface area contributed by atoms with Crippen molar-refractivity contribution in [2.75, 3.05) is 62.7 Å². The van der Waals surface area contributed by atoms with Gasteiger partial charge in [0.2, 0.25) is 17.8 Å². The van der Waals surface area contributed by atoms with Gasteiger partial charge >= 0.3 is 0 Å². The van der Waals surface area contributed by atoms with Crippen LogP contribution >= 0.6 is 0 Å². The van der Waals surface area contributed by atoms with Crippen molar-refractivity contribution >= 4 is 29.1 Å². The second kappa shape index (κ2) is 13.4. The molecular weight excluding hydrogens is 610 g/mol. The van der Waals surface area contributed by atoms with Gasteiger partial charge in [-0.3, -0.25) is 14.5 Å². The lowest BCUT2D eigenvalue weighted by Crippen LogP contribution is -2.56. The number of anilines is 3. The summed E-state index contributed by atoms with van der Waals surface area (Å²) in [7, 11) is 0. The van der Waals surface area contributed by atoms with E-state index in [0.29, 0.717) is 60.4 Å². The molecule has 248 valence electrons. The van der Waals surface area contributed by atoms with Crippen molar-refractivity contribution in [3.63, 3.8) is 0 Å². The van der Waals surface area contributed by atoms with Crippen LogP contribution in [0.1, 0.15) is 24.8 Å². The smallest absolute Gasteiger partial charge is 0.245 e. The van der Waals surface area contributed by atoms with Crippen molar-refractivity contribution in [1.29, 1.82) is 0 Å². The number of ether oxygens (including phenoxy) is 2. The number of benzene rings is 2. The van der Waals surface area contributed by atoms with Crippen LogP contribution in [0.2, 0.25) is 0 Å². The van der Waals surface area contributed by atoms with Crippen molar-refractivity contribution < 1.29 is 27.8 Å². The van der Waals surface area contributed by atoms with E-state index in [2.05, 4.69) is 35.4 Å². The van der Waals surface area contributed by atoms with Crippen LogP contribution in [-0.2, 0) is 14.3 Å². The van der Waals surface area contributed by atoms with Crippen LogP contribution in [0.3, 0.4) is 0 Å². The number of rotatable bonds is 8. The van der Waals surface area contributed by atoms with Gasteiger partial charge in [-0.15, -0.1) is 0 Å². The Morgan fingerprint density at radius 1 is 1.06 bits per heavy atom. The molecule has 2 N–H and O–H groups in total. The predicted molar refractivity (Wildman–Crippen MR) is 170 cm³/mol. The largest absolute Gasteiger partial charge is 0.487 e. The molecule has 0 aliphatic carbocycles. The van der Waals surface area contributed by atoms with Crippen molar-refractivity contribution in [3.05, 3.63) is 54.1 Å². The van der Waals surface area contributed by atoms with Gasteiger partial charge in [0.25, 0.3) is 0 Å². The van der Waals surface area contributed by atoms with E-state index >= 15 is 8.78 Å². The first-order chi connectivity index (χ1) is 22.8. The summed E-state index contributed by atoms with van der Waals surface area (Å²) < 4.78 is 41.7. The summed E-state index contributed by atoms with van der Waals surface area (Å²) >= 11 is 0. The first-order valence-electron chi connectivity index (χ1n) is 16.1. The fraction of sp³-hybridized carbons (Fsp3) is 0.485. The van der Waals surface area contributed by atoms with E-state index < -0.39 is 18.3 Å². The molecule has 3 aromatic rings. The van der Waals surface area contributed by atoms with Crippen molar-refractivity contribution in [1.82, 2.24) is 30.1 Å². The number of halogens is 2. The highest BCUT2D eigenvalue weighted by Crippen LogP contribution is 2.30. The molecule has 12 nitrogen and oxygen atoms in total. The number of aryl methyl sites for hydroxylation is 1. The third-order valence-electron chi connectivity index (χ3n) is 9.37. The second-order valence-corrected chi connectivity index (χ2v) is 12.5. The van der Waals surface area contributed by atoms with Crippen LogP contribution < -0.4 is 20.3 Å². The topological polar surface area (TPSA) is 125 Å². The molecule has 7 rings (SSSR count). The van der Waals surface area contributed by atoms with E-state index in [-0.39, 0.29) is 30.1 Å². The van der Waals surface area contributed by atoms with Crippen LogP contribution in [0.5, 0.6) is 5.75 Å². The number of piperazine rings is 1. The van der Waals surface area contributed by atoms with Crippen molar-refractivity contribution in [2.24, 2.45) is 0 Å². The summed E-state index contributed by atoms with van der Waals surface area (Å²) in [5.41, 5.74) is 2.59. The summed E-state index contributed by atoms with van der Waals surface area (Å²) in [6, 6.07) is 10.4. The number of hydrogen-bond acceptors (Lipinski definition) is 10. The lowest BCUT2D eigenvalue weighted by molar-refractivity contribution is -0.138. The molecule has 47 heavy (non-hydrogen) atoms. The number of amides is 2. The normalized spacial score (nSPS) is 23.7. The number of piperidine rings is 1. The highest BCUT2D eigenvalue weighted by atomic mass is 19.1. The minimum atomic E-state index is -1.36. The molecule has 1 aromatic heterocycles. The first-order valence-corrected chi connectivity index (χ1v) is 16.1. The molecule has 4 aliphatic heterocycles. The number of nitrogens with zero attached hydrogens (tertiary/aromatic N) is 6. The van der Waals surface area contributed by atoms with Crippen LogP contribution in [0, 0.1) is 12.7 Å². The van der Waals surface area contributed by atoms with Crippen LogP contribution in [-0.4, -0.2) is 113 Å². The van der Waals surface area contributed by atoms with E-state index in [1.807, 2.05) is 19.1 Å². The standard InChI is InChI=1S/C33H38F2N8O4/c1-20-14-21(2-6-28(20)47-29-8-9-43(16-25(29)35)32(45)26-4-7-30(44)39-26)31-36-19-37-33(40-31)38-22-3-5-27(24(34)15-22)42-12-10-41(11-13-42)23-17-46-18-23/h2-3,5-6,14-15,19,23,25-26,29H,4,7-13,16-18H2,1H3,(H,39,44)(H,36,37,38,40)/t25-,26?,29+/m1/s1. The molecule has 4 aliphatic rings. The zero-order valence-electron chi connectivity index (χ0n) is 26.2. The number of aromatic nitrogens is 3. The van der Waals surface area contributed by atoms with Gasteiger partial charge in [-0.05, 0) is 55.3 Å². The number of carbonyl (C=O) groups is 2. The zero-order chi connectivity index (χ0) is 32.5. The number of carbonyl (C=O) groups excluding carboxylic acids is 2. The van der Waals surface area contributed by atoms with Gasteiger partial charge in [-0.25, -0.2) is 18.7 Å². The van der Waals surface area contributed by atoms with Gasteiger partial charge in [-0.1, -0.05) is 0 Å². The Morgan fingerprint density at radius 3 is 2.57 bits per heavy atom. The lowest BCUT2D eigenvalue weighted by atomic mass is 10.0. The zero-order valence-corrected chi connectivity index (χ0v) is 26.2. The van der Waals surface area contributed by atoms with Gasteiger partial charge in [0.05, 0.1) is 31.5 Å². The van der Waals surface area contributed by atoms with Gasteiger partial charge in [0.15, 0.2) is 12.0 Å². The van der Waals surface area contributed by atoms with Gasteiger partial charge < -0.3 is 29.9 Å². The average Bonchev–Trinajstić information content (AvgIpc) is 3.48. The molecule has 5 heterocycles. The Bertz CT molecular complexity index is 1630. The number of likely N-dealkylation sites (tertiary alicyclic amines) is 1. The molecular formula is C33H38F2N8O4. The molecule has 2 amide bonds. The highest BCUT2D eigenvalue weighted by molar-refractivity contribution is 5.90. The highest BCUT2D eigenvalue weighted by Gasteiger charge is 2.37. The first kappa shape index (κ1) is 31.2. The summed E-state index contributed by atoms with van der Waals surface area (Å²) in [6.45, 7) is 6.99. The number of nitrogens with one attached hydrogen (secondary N) is 2. The van der Waals surface area contributed by atoms with Crippen LogP contribution in [0.15, 0.2) is 42.7 Å². The third kappa shape index (κ3) is 6.84. The summed E-state index contributed by atoms with van der Waals surface area (Å²) in [4.78, 5) is 43.2. The van der Waals surface area contributed by atoms with Gasteiger partial charge in [-0.2, -0.15) is 4.98 Å². The minimum Gasteiger partial charge on any atom is -0.487 e. The monoisotopic (exact) mass is 648 g/mol. The number of hydrogen-bond donors (Lipinski definition) is 2. The van der Waals surface area contributed by atoms with Gasteiger partial charge in [0.1, 0.15) is 30.0 Å².